The van der Waals surface area contributed by atoms with Gasteiger partial charge in [-0.1, -0.05) is 60.2 Å². The molecule has 0 saturated heterocycles. The van der Waals surface area contributed by atoms with E-state index in [4.69, 9.17) is 4.98 Å². The van der Waals surface area contributed by atoms with E-state index in [2.05, 4.69) is 78.0 Å². The number of hydrogen-bond donors (Lipinski definition) is 0. The first-order valence-corrected chi connectivity index (χ1v) is 7.92. The molecule has 3 rings (SSSR count). The smallest absolute Gasteiger partial charge is 0.125 e. The van der Waals surface area contributed by atoms with E-state index >= 15 is 0 Å². The fourth-order valence-electron chi connectivity index (χ4n) is 1.90. The molecule has 1 nitrogen and oxygen atoms in total. The average molecular weight is 377 g/mol. The molecule has 0 aliphatic rings. The maximum atomic E-state index is 4.79. The topological polar surface area (TPSA) is 12.9 Å². The molecule has 0 amide bonds. The summed E-state index contributed by atoms with van der Waals surface area (Å²) in [5.41, 5.74) is 4.74. The highest BCUT2D eigenvalue weighted by Crippen LogP contribution is 2.34. The van der Waals surface area contributed by atoms with Crippen LogP contribution in [0.5, 0.6) is 0 Å². The molecule has 1 aromatic heterocycles. The molecule has 0 N–H and O–H groups in total. The van der Waals surface area contributed by atoms with Gasteiger partial charge in [0.2, 0.25) is 0 Å². The molecular weight excluding hydrogens is 365 g/mol. The van der Waals surface area contributed by atoms with Crippen molar-refractivity contribution in [2.24, 2.45) is 0 Å². The van der Waals surface area contributed by atoms with Gasteiger partial charge >= 0.3 is 0 Å². The van der Waals surface area contributed by atoms with Crippen LogP contribution >= 0.6 is 33.9 Å². The number of aromatic nitrogens is 1. The van der Waals surface area contributed by atoms with Gasteiger partial charge in [0.15, 0.2) is 0 Å². The Bertz CT molecular complexity index is 687. The number of nitrogens with zero attached hydrogens (tertiary/aromatic N) is 1. The molecule has 0 saturated carbocycles. The van der Waals surface area contributed by atoms with Gasteiger partial charge in [0.25, 0.3) is 0 Å². The van der Waals surface area contributed by atoms with Gasteiger partial charge in [-0.25, -0.2) is 4.98 Å². The Kier molecular flexibility index (Phi) is 3.66. The van der Waals surface area contributed by atoms with E-state index in [-0.39, 0.29) is 0 Å². The summed E-state index contributed by atoms with van der Waals surface area (Å²) in [6.45, 7) is 2.10. The van der Waals surface area contributed by atoms with Crippen LogP contribution in [0.15, 0.2) is 54.6 Å². The van der Waals surface area contributed by atoms with E-state index in [0.29, 0.717) is 0 Å². The molecule has 2 aromatic carbocycles. The van der Waals surface area contributed by atoms with Crippen LogP contribution in [-0.4, -0.2) is 4.98 Å². The van der Waals surface area contributed by atoms with Crippen LogP contribution in [0.3, 0.4) is 0 Å². The van der Waals surface area contributed by atoms with Crippen molar-refractivity contribution in [2.45, 2.75) is 6.92 Å². The van der Waals surface area contributed by atoms with Crippen LogP contribution < -0.4 is 0 Å². The normalized spacial score (nSPS) is 10.6. The van der Waals surface area contributed by atoms with Crippen LogP contribution in [0, 0.1) is 9.81 Å². The number of hydrogen-bond acceptors (Lipinski definition) is 2. The number of rotatable bonds is 2. The Morgan fingerprint density at radius 3 is 2.26 bits per heavy atom. The molecule has 0 atom stereocenters. The van der Waals surface area contributed by atoms with Gasteiger partial charge in [-0.05, 0) is 29.5 Å². The first-order chi connectivity index (χ1) is 9.24. The number of benzene rings is 2. The standard InChI is InChI=1S/C16H12INS/c1-11-7-9-12(10-8-11)14-15(17)19-16(18-14)13-5-3-2-4-6-13/h2-10H,1H3. The summed E-state index contributed by atoms with van der Waals surface area (Å²) < 4.78 is 1.24. The van der Waals surface area contributed by atoms with Gasteiger partial charge in [-0.2, -0.15) is 0 Å². The first-order valence-electron chi connectivity index (χ1n) is 6.03. The van der Waals surface area contributed by atoms with E-state index in [0.717, 1.165) is 10.7 Å². The van der Waals surface area contributed by atoms with Crippen molar-refractivity contribution in [3.8, 4) is 21.8 Å². The van der Waals surface area contributed by atoms with Crippen LogP contribution in [0.2, 0.25) is 0 Å². The van der Waals surface area contributed by atoms with Crippen molar-refractivity contribution in [1.29, 1.82) is 0 Å². The molecule has 0 fully saturated rings. The molecule has 0 aliphatic heterocycles. The highest BCUT2D eigenvalue weighted by molar-refractivity contribution is 14.1. The van der Waals surface area contributed by atoms with Gasteiger partial charge < -0.3 is 0 Å². The number of thiazole rings is 1. The Morgan fingerprint density at radius 1 is 0.895 bits per heavy atom. The Balaban J connectivity index is 2.05. The molecule has 3 aromatic rings. The molecule has 0 spiro atoms. The third kappa shape index (κ3) is 2.72. The van der Waals surface area contributed by atoms with E-state index < -0.39 is 0 Å². The van der Waals surface area contributed by atoms with E-state index in [1.54, 1.807) is 11.3 Å². The van der Waals surface area contributed by atoms with Gasteiger partial charge in [-0.3, -0.25) is 0 Å². The molecule has 3 heteroatoms. The molecular formula is C16H12INS. The van der Waals surface area contributed by atoms with Gasteiger partial charge in [0, 0.05) is 11.1 Å². The fourth-order valence-corrected chi connectivity index (χ4v) is 3.77. The zero-order chi connectivity index (χ0) is 13.2. The quantitative estimate of drug-likeness (QED) is 0.546. The molecule has 0 aliphatic carbocycles. The lowest BCUT2D eigenvalue weighted by atomic mass is 10.1. The van der Waals surface area contributed by atoms with Crippen molar-refractivity contribution in [3.05, 3.63) is 63.0 Å². The minimum absolute atomic E-state index is 1.08. The number of aryl methyl sites for hydroxylation is 1. The maximum absolute atomic E-state index is 4.79. The molecule has 0 bridgehead atoms. The predicted octanol–water partition coefficient (Wildman–Crippen LogP) is 5.39. The van der Waals surface area contributed by atoms with E-state index in [1.807, 2.05) is 6.07 Å². The Labute approximate surface area is 130 Å². The third-order valence-corrected chi connectivity index (χ3v) is 5.00. The summed E-state index contributed by atoms with van der Waals surface area (Å²) in [6.07, 6.45) is 0. The van der Waals surface area contributed by atoms with E-state index in [9.17, 15) is 0 Å². The lowest BCUT2D eigenvalue weighted by Gasteiger charge is -1.98. The first kappa shape index (κ1) is 12.8. The fraction of sp³-hybridized carbons (Fsp3) is 0.0625. The van der Waals surface area contributed by atoms with Crippen molar-refractivity contribution in [3.63, 3.8) is 0 Å². The SMILES string of the molecule is Cc1ccc(-c2nc(-c3ccccc3)sc2I)cc1. The van der Waals surface area contributed by atoms with Crippen molar-refractivity contribution in [2.75, 3.05) is 0 Å². The second kappa shape index (κ2) is 5.43. The molecule has 0 radical (unpaired) electrons. The third-order valence-electron chi connectivity index (χ3n) is 2.93. The number of halogens is 1. The maximum Gasteiger partial charge on any atom is 0.125 e. The largest absolute Gasteiger partial charge is 0.235 e. The highest BCUT2D eigenvalue weighted by atomic mass is 127. The Hall–Kier alpha value is -1.20. The van der Waals surface area contributed by atoms with Crippen molar-refractivity contribution in [1.82, 2.24) is 4.98 Å². The molecule has 94 valence electrons. The molecule has 19 heavy (non-hydrogen) atoms. The zero-order valence-corrected chi connectivity index (χ0v) is 13.4. The summed E-state index contributed by atoms with van der Waals surface area (Å²) in [5.74, 6) is 0. The van der Waals surface area contributed by atoms with Crippen LogP contribution in [0.1, 0.15) is 5.56 Å². The van der Waals surface area contributed by atoms with Gasteiger partial charge in [-0.15, -0.1) is 11.3 Å². The minimum atomic E-state index is 1.08. The second-order valence-corrected chi connectivity index (χ2v) is 7.18. The zero-order valence-electron chi connectivity index (χ0n) is 10.4. The Morgan fingerprint density at radius 2 is 1.58 bits per heavy atom. The average Bonchev–Trinajstić information content (AvgIpc) is 2.83. The summed E-state index contributed by atoms with van der Waals surface area (Å²) in [5, 5.41) is 1.08. The van der Waals surface area contributed by atoms with Crippen molar-refractivity contribution >= 4 is 33.9 Å². The second-order valence-electron chi connectivity index (χ2n) is 4.37. The van der Waals surface area contributed by atoms with E-state index in [1.165, 1.54) is 19.6 Å². The van der Waals surface area contributed by atoms with Gasteiger partial charge in [0.1, 0.15) is 5.01 Å². The van der Waals surface area contributed by atoms with Crippen molar-refractivity contribution < 1.29 is 0 Å². The van der Waals surface area contributed by atoms with Crippen LogP contribution in [0.25, 0.3) is 21.8 Å². The summed E-state index contributed by atoms with van der Waals surface area (Å²) in [6, 6.07) is 18.9. The molecule has 1 heterocycles. The molecule has 0 unspecified atom stereocenters. The van der Waals surface area contributed by atoms with Crippen LogP contribution in [-0.2, 0) is 0 Å². The highest BCUT2D eigenvalue weighted by Gasteiger charge is 2.11. The minimum Gasteiger partial charge on any atom is -0.235 e. The summed E-state index contributed by atoms with van der Waals surface area (Å²) in [7, 11) is 0. The lowest BCUT2D eigenvalue weighted by Crippen LogP contribution is -1.81. The predicted molar refractivity (Wildman–Crippen MR) is 90.4 cm³/mol. The lowest BCUT2D eigenvalue weighted by molar-refractivity contribution is 1.38. The van der Waals surface area contributed by atoms with Gasteiger partial charge in [0.05, 0.1) is 8.58 Å². The monoisotopic (exact) mass is 377 g/mol. The van der Waals surface area contributed by atoms with Crippen LogP contribution in [0.4, 0.5) is 0 Å². The summed E-state index contributed by atoms with van der Waals surface area (Å²) >= 11 is 4.12. The summed E-state index contributed by atoms with van der Waals surface area (Å²) in [4.78, 5) is 4.79.